The average Bonchev–Trinajstić information content (AvgIpc) is 3.32. The highest BCUT2D eigenvalue weighted by atomic mass is 32.2. The molecule has 2 aliphatic rings. The molecule has 2 heterocycles. The molecule has 0 saturated carbocycles. The Bertz CT molecular complexity index is 1260. The second-order valence-electron chi connectivity index (χ2n) is 8.34. The van der Waals surface area contributed by atoms with Gasteiger partial charge in [-0.2, -0.15) is 0 Å². The number of fused-ring (bicyclic) bond motifs is 1. The van der Waals surface area contributed by atoms with E-state index in [0.717, 1.165) is 27.5 Å². The van der Waals surface area contributed by atoms with Crippen molar-refractivity contribution in [3.05, 3.63) is 76.0 Å². The molecule has 188 valence electrons. The van der Waals surface area contributed by atoms with Gasteiger partial charge in [0.25, 0.3) is 5.91 Å². The molecule has 0 bridgehead atoms. The third kappa shape index (κ3) is 5.11. The lowest BCUT2D eigenvalue weighted by Gasteiger charge is -2.33. The number of rotatable bonds is 8. The molecule has 0 fully saturated rings. The van der Waals surface area contributed by atoms with Gasteiger partial charge < -0.3 is 24.4 Å². The van der Waals surface area contributed by atoms with Gasteiger partial charge in [0.05, 0.1) is 31.0 Å². The molecule has 0 aliphatic carbocycles. The first-order valence-electron chi connectivity index (χ1n) is 11.6. The number of carbonyl (C=O) groups excluding carboxylic acids is 2. The number of nitrogens with one attached hydrogen (secondary N) is 1. The SMILES string of the molecule is CCOC(=O)C1=C(C)N=C2SC=CN2[C@H]1c1ccc(OCC(=O)Nc2c(C)cccc2C)c(OC)c1. The molecular weight excluding hydrogens is 478 g/mol. The van der Waals surface area contributed by atoms with Gasteiger partial charge in [0.2, 0.25) is 0 Å². The normalized spacial score (nSPS) is 16.4. The topological polar surface area (TPSA) is 89.5 Å². The number of carbonyl (C=O) groups is 2. The monoisotopic (exact) mass is 507 g/mol. The summed E-state index contributed by atoms with van der Waals surface area (Å²) in [4.78, 5) is 32.0. The number of aliphatic imine (C=N–C) groups is 1. The van der Waals surface area contributed by atoms with Crippen molar-refractivity contribution in [2.24, 2.45) is 4.99 Å². The quantitative estimate of drug-likeness (QED) is 0.498. The summed E-state index contributed by atoms with van der Waals surface area (Å²) >= 11 is 1.49. The van der Waals surface area contributed by atoms with Gasteiger partial charge in [-0.15, -0.1) is 0 Å². The van der Waals surface area contributed by atoms with Crippen molar-refractivity contribution in [3.63, 3.8) is 0 Å². The number of anilines is 1. The summed E-state index contributed by atoms with van der Waals surface area (Å²) < 4.78 is 16.7. The summed E-state index contributed by atoms with van der Waals surface area (Å²) in [6, 6.07) is 10.8. The molecule has 1 amide bonds. The van der Waals surface area contributed by atoms with Crippen LogP contribution in [0.25, 0.3) is 0 Å². The number of allylic oxidation sites excluding steroid dienone is 1. The summed E-state index contributed by atoms with van der Waals surface area (Å²) in [5.41, 5.74) is 4.64. The van der Waals surface area contributed by atoms with Crippen molar-refractivity contribution in [2.45, 2.75) is 33.7 Å². The Hall–Kier alpha value is -3.72. The van der Waals surface area contributed by atoms with Crippen LogP contribution >= 0.6 is 11.8 Å². The van der Waals surface area contributed by atoms with Crippen LogP contribution in [0.5, 0.6) is 11.5 Å². The van der Waals surface area contributed by atoms with Crippen LogP contribution < -0.4 is 14.8 Å². The number of benzene rings is 2. The largest absolute Gasteiger partial charge is 0.493 e. The van der Waals surface area contributed by atoms with E-state index in [4.69, 9.17) is 14.2 Å². The molecule has 1 atom stereocenters. The molecule has 2 aromatic carbocycles. The van der Waals surface area contributed by atoms with E-state index in [9.17, 15) is 9.59 Å². The minimum atomic E-state index is -0.432. The van der Waals surface area contributed by atoms with E-state index in [2.05, 4.69) is 10.3 Å². The molecule has 1 N–H and O–H groups in total. The Kier molecular flexibility index (Phi) is 7.69. The number of hydrogen-bond acceptors (Lipinski definition) is 8. The van der Waals surface area contributed by atoms with E-state index in [0.29, 0.717) is 22.8 Å². The van der Waals surface area contributed by atoms with Gasteiger partial charge in [-0.1, -0.05) is 36.0 Å². The van der Waals surface area contributed by atoms with Crippen LogP contribution in [0.4, 0.5) is 5.69 Å². The number of esters is 1. The zero-order valence-corrected chi connectivity index (χ0v) is 21.8. The van der Waals surface area contributed by atoms with Crippen LogP contribution in [0.15, 0.2) is 64.3 Å². The van der Waals surface area contributed by atoms with Crippen molar-refractivity contribution in [3.8, 4) is 11.5 Å². The predicted octanol–water partition coefficient (Wildman–Crippen LogP) is 5.10. The zero-order valence-electron chi connectivity index (χ0n) is 21.0. The molecule has 0 aromatic heterocycles. The van der Waals surface area contributed by atoms with Gasteiger partial charge in [-0.25, -0.2) is 9.79 Å². The van der Waals surface area contributed by atoms with E-state index in [1.54, 1.807) is 13.0 Å². The maximum Gasteiger partial charge on any atom is 0.338 e. The van der Waals surface area contributed by atoms with Crippen LogP contribution in [0.3, 0.4) is 0 Å². The van der Waals surface area contributed by atoms with Gasteiger partial charge in [0, 0.05) is 11.9 Å². The molecule has 0 unspecified atom stereocenters. The van der Waals surface area contributed by atoms with E-state index in [1.165, 1.54) is 18.9 Å². The molecule has 2 aromatic rings. The molecule has 2 aliphatic heterocycles. The zero-order chi connectivity index (χ0) is 25.8. The second kappa shape index (κ2) is 10.9. The first-order valence-corrected chi connectivity index (χ1v) is 12.5. The van der Waals surface area contributed by atoms with Gasteiger partial charge in [0.15, 0.2) is 23.3 Å². The van der Waals surface area contributed by atoms with Crippen LogP contribution in [-0.2, 0) is 14.3 Å². The van der Waals surface area contributed by atoms with Crippen molar-refractivity contribution in [1.29, 1.82) is 0 Å². The molecule has 9 heteroatoms. The van der Waals surface area contributed by atoms with Crippen molar-refractivity contribution >= 4 is 34.5 Å². The molecular formula is C27H29N3O5S. The summed E-state index contributed by atoms with van der Waals surface area (Å²) in [5, 5.41) is 5.63. The smallest absolute Gasteiger partial charge is 0.338 e. The first kappa shape index (κ1) is 25.4. The Morgan fingerprint density at radius 2 is 1.86 bits per heavy atom. The molecule has 0 spiro atoms. The number of methoxy groups -OCH3 is 1. The number of ether oxygens (including phenoxy) is 3. The Morgan fingerprint density at radius 1 is 1.11 bits per heavy atom. The Morgan fingerprint density at radius 3 is 2.56 bits per heavy atom. The highest BCUT2D eigenvalue weighted by Crippen LogP contribution is 2.43. The molecule has 0 saturated heterocycles. The molecule has 4 rings (SSSR count). The number of amides is 1. The molecule has 0 radical (unpaired) electrons. The van der Waals surface area contributed by atoms with E-state index in [-0.39, 0.29) is 19.1 Å². The summed E-state index contributed by atoms with van der Waals surface area (Å²) in [5.74, 6) is 0.199. The minimum absolute atomic E-state index is 0.178. The maximum atomic E-state index is 12.9. The standard InChI is InChI=1S/C27H29N3O5S/c1-6-34-26(32)23-18(4)28-27-30(12-13-36-27)25(23)19-10-11-20(21(14-19)33-5)35-15-22(31)29-24-16(2)8-7-9-17(24)3/h7-14,25H,6,15H2,1-5H3,(H,29,31)/t25-/m0/s1. The van der Waals surface area contributed by atoms with E-state index in [1.807, 2.05) is 67.6 Å². The van der Waals surface area contributed by atoms with Crippen LogP contribution in [0.1, 0.15) is 36.6 Å². The molecule has 8 nitrogen and oxygen atoms in total. The third-order valence-corrected chi connectivity index (χ3v) is 6.69. The lowest BCUT2D eigenvalue weighted by atomic mass is 9.94. The number of nitrogens with zero attached hydrogens (tertiary/aromatic N) is 2. The van der Waals surface area contributed by atoms with Crippen LogP contribution in [0.2, 0.25) is 0 Å². The fourth-order valence-corrected chi connectivity index (χ4v) is 4.99. The maximum absolute atomic E-state index is 12.9. The van der Waals surface area contributed by atoms with Crippen LogP contribution in [0, 0.1) is 13.8 Å². The highest BCUT2D eigenvalue weighted by molar-refractivity contribution is 8.16. The number of aryl methyl sites for hydroxylation is 2. The summed E-state index contributed by atoms with van der Waals surface area (Å²) in [6.07, 6.45) is 1.90. The lowest BCUT2D eigenvalue weighted by Crippen LogP contribution is -2.34. The Balaban J connectivity index is 1.56. The van der Waals surface area contributed by atoms with Crippen molar-refractivity contribution < 1.29 is 23.8 Å². The van der Waals surface area contributed by atoms with E-state index < -0.39 is 12.0 Å². The fourth-order valence-electron chi connectivity index (χ4n) is 4.20. The lowest BCUT2D eigenvalue weighted by molar-refractivity contribution is -0.139. The van der Waals surface area contributed by atoms with Gasteiger partial charge in [-0.05, 0) is 61.9 Å². The Labute approximate surface area is 215 Å². The number of thioether (sulfide) groups is 1. The summed E-state index contributed by atoms with van der Waals surface area (Å²) in [6.45, 7) is 7.57. The minimum Gasteiger partial charge on any atom is -0.493 e. The first-order chi connectivity index (χ1) is 17.3. The number of para-hydroxylation sites is 1. The predicted molar refractivity (Wildman–Crippen MR) is 141 cm³/mol. The summed E-state index contributed by atoms with van der Waals surface area (Å²) in [7, 11) is 1.54. The van der Waals surface area contributed by atoms with Crippen LogP contribution in [-0.4, -0.2) is 42.3 Å². The highest BCUT2D eigenvalue weighted by Gasteiger charge is 2.37. The molecule has 36 heavy (non-hydrogen) atoms. The fraction of sp³-hybridized carbons (Fsp3) is 0.296. The second-order valence-corrected chi connectivity index (χ2v) is 9.21. The van der Waals surface area contributed by atoms with Gasteiger partial charge >= 0.3 is 5.97 Å². The van der Waals surface area contributed by atoms with Crippen molar-refractivity contribution in [1.82, 2.24) is 4.90 Å². The van der Waals surface area contributed by atoms with Gasteiger partial charge in [0.1, 0.15) is 0 Å². The van der Waals surface area contributed by atoms with Crippen molar-refractivity contribution in [2.75, 3.05) is 25.6 Å². The third-order valence-electron chi connectivity index (χ3n) is 5.92. The number of hydrogen-bond donors (Lipinski definition) is 1. The van der Waals surface area contributed by atoms with E-state index >= 15 is 0 Å². The number of amidine groups is 1. The van der Waals surface area contributed by atoms with Gasteiger partial charge in [-0.3, -0.25) is 4.79 Å². The average molecular weight is 508 g/mol.